The Labute approximate surface area is 295 Å². The summed E-state index contributed by atoms with van der Waals surface area (Å²) in [6.07, 6.45) is 0. The summed E-state index contributed by atoms with van der Waals surface area (Å²) < 4.78 is 0. The molecule has 0 aliphatic carbocycles. The number of hydrogen-bond acceptors (Lipinski definition) is 2. The molecule has 0 N–H and O–H groups in total. The predicted octanol–water partition coefficient (Wildman–Crippen LogP) is 13.9. The first kappa shape index (κ1) is 31.4. The second-order valence-corrected chi connectivity index (χ2v) is 14.0. The summed E-state index contributed by atoms with van der Waals surface area (Å²) in [7, 11) is 0. The molecule has 0 fully saturated rings. The molecule has 0 saturated carbocycles. The fraction of sp³-hybridized carbons (Fsp3) is 0.125. The Morgan fingerprint density at radius 2 is 0.500 bits per heavy atom. The summed E-state index contributed by atoms with van der Waals surface area (Å²) in [6, 6.07) is 54.3. The number of benzene rings is 8. The molecule has 0 unspecified atom stereocenters. The van der Waals surface area contributed by atoms with Gasteiger partial charge in [-0.2, -0.15) is 0 Å². The summed E-state index contributed by atoms with van der Waals surface area (Å²) in [5, 5.41) is 7.42. The van der Waals surface area contributed by atoms with Crippen LogP contribution in [0.15, 0.2) is 146 Å². The molecule has 0 atom stereocenters. The largest absolute Gasteiger partial charge is 0.310 e. The number of hydrogen-bond donors (Lipinski definition) is 0. The summed E-state index contributed by atoms with van der Waals surface area (Å²) in [6.45, 7) is 13.0. The molecule has 0 bridgehead atoms. The number of anilines is 6. The summed E-state index contributed by atoms with van der Waals surface area (Å²) in [5.74, 6) is 0. The predicted molar refractivity (Wildman–Crippen MR) is 217 cm³/mol. The molecule has 0 spiro atoms. The molecule has 0 aromatic heterocycles. The highest BCUT2D eigenvalue weighted by molar-refractivity contribution is 6.24. The third-order valence-corrected chi connectivity index (χ3v) is 9.99. The van der Waals surface area contributed by atoms with E-state index in [1.807, 2.05) is 0 Å². The van der Waals surface area contributed by atoms with Crippen LogP contribution in [0.1, 0.15) is 33.4 Å². The van der Waals surface area contributed by atoms with E-state index in [9.17, 15) is 0 Å². The third-order valence-electron chi connectivity index (χ3n) is 9.99. The van der Waals surface area contributed by atoms with Crippen molar-refractivity contribution in [2.75, 3.05) is 9.80 Å². The van der Waals surface area contributed by atoms with Crippen LogP contribution >= 0.6 is 0 Å². The fourth-order valence-corrected chi connectivity index (χ4v) is 7.24. The molecule has 0 heterocycles. The van der Waals surface area contributed by atoms with Crippen LogP contribution in [-0.4, -0.2) is 0 Å². The minimum atomic E-state index is 1.14. The Morgan fingerprint density at radius 1 is 0.240 bits per heavy atom. The number of aryl methyl sites for hydroxylation is 6. The molecule has 0 aliphatic rings. The SMILES string of the molecule is Cc1ccc(N(c2ccc(C)cc2)c2cc3c4ccc(C)cc4c(N(c4ccc(C)cc4)c4ccc(C)cc4)cc3c3ccc(C)cc23)cc1. The lowest BCUT2D eigenvalue weighted by Crippen LogP contribution is -2.12. The lowest BCUT2D eigenvalue weighted by atomic mass is 9.92. The lowest BCUT2D eigenvalue weighted by Gasteiger charge is -2.30. The van der Waals surface area contributed by atoms with Gasteiger partial charge in [0.1, 0.15) is 0 Å². The Hall–Kier alpha value is -5.86. The zero-order chi connectivity index (χ0) is 34.5. The maximum Gasteiger partial charge on any atom is 0.0546 e. The van der Waals surface area contributed by atoms with Crippen molar-refractivity contribution in [1.29, 1.82) is 0 Å². The van der Waals surface area contributed by atoms with Gasteiger partial charge in [-0.25, -0.2) is 0 Å². The Kier molecular flexibility index (Phi) is 7.88. The first-order valence-corrected chi connectivity index (χ1v) is 17.5. The minimum absolute atomic E-state index is 1.14. The molecule has 0 aliphatic heterocycles. The van der Waals surface area contributed by atoms with Gasteiger partial charge < -0.3 is 9.80 Å². The van der Waals surface area contributed by atoms with E-state index in [1.54, 1.807) is 0 Å². The van der Waals surface area contributed by atoms with Gasteiger partial charge in [-0.05, 0) is 136 Å². The normalized spacial score (nSPS) is 11.4. The average Bonchev–Trinajstić information content (AvgIpc) is 3.11. The van der Waals surface area contributed by atoms with Gasteiger partial charge in [-0.3, -0.25) is 0 Å². The van der Waals surface area contributed by atoms with Crippen molar-refractivity contribution in [2.45, 2.75) is 41.5 Å². The molecule has 8 aromatic rings. The van der Waals surface area contributed by atoms with Crippen molar-refractivity contribution in [3.8, 4) is 0 Å². The van der Waals surface area contributed by atoms with Gasteiger partial charge in [-0.15, -0.1) is 0 Å². The zero-order valence-corrected chi connectivity index (χ0v) is 29.8. The van der Waals surface area contributed by atoms with Gasteiger partial charge >= 0.3 is 0 Å². The Balaban J connectivity index is 1.49. The van der Waals surface area contributed by atoms with Crippen LogP contribution in [0.25, 0.3) is 32.3 Å². The molecule has 0 saturated heterocycles. The van der Waals surface area contributed by atoms with Gasteiger partial charge in [-0.1, -0.05) is 106 Å². The van der Waals surface area contributed by atoms with Crippen LogP contribution in [0.4, 0.5) is 34.1 Å². The van der Waals surface area contributed by atoms with Crippen molar-refractivity contribution in [2.24, 2.45) is 0 Å². The molecular formula is C48H42N2. The third kappa shape index (κ3) is 5.67. The van der Waals surface area contributed by atoms with Crippen LogP contribution < -0.4 is 9.80 Å². The fourth-order valence-electron chi connectivity index (χ4n) is 7.24. The molecule has 2 heteroatoms. The quantitative estimate of drug-likeness (QED) is 0.166. The van der Waals surface area contributed by atoms with Gasteiger partial charge in [0.25, 0.3) is 0 Å². The standard InChI is InChI=1S/C48H42N2/c1-31-7-17-37(18-8-31)49(38-19-9-32(2)10-20-38)47-29-43-42-26-16-36(6)28-46(42)48(30-44(43)41-25-15-35(5)27-45(41)47)50(39-21-11-33(3)12-22-39)40-23-13-34(4)14-24-40/h7-30H,1-6H3. The van der Waals surface area contributed by atoms with Gasteiger partial charge in [0.05, 0.1) is 11.4 Å². The molecule has 50 heavy (non-hydrogen) atoms. The van der Waals surface area contributed by atoms with Crippen LogP contribution in [0, 0.1) is 41.5 Å². The molecule has 244 valence electrons. The minimum Gasteiger partial charge on any atom is -0.310 e. The van der Waals surface area contributed by atoms with Crippen LogP contribution in [-0.2, 0) is 0 Å². The summed E-state index contributed by atoms with van der Waals surface area (Å²) in [4.78, 5) is 4.86. The van der Waals surface area contributed by atoms with Crippen LogP contribution in [0.2, 0.25) is 0 Å². The van der Waals surface area contributed by atoms with E-state index in [-0.39, 0.29) is 0 Å². The average molecular weight is 647 g/mol. The van der Waals surface area contributed by atoms with Crippen LogP contribution in [0.3, 0.4) is 0 Å². The van der Waals surface area contributed by atoms with Crippen LogP contribution in [0.5, 0.6) is 0 Å². The molecule has 0 radical (unpaired) electrons. The highest BCUT2D eigenvalue weighted by Gasteiger charge is 2.22. The number of fused-ring (bicyclic) bond motifs is 5. The number of rotatable bonds is 6. The van der Waals surface area contributed by atoms with Gasteiger partial charge in [0, 0.05) is 33.5 Å². The molecule has 0 amide bonds. The highest BCUT2D eigenvalue weighted by atomic mass is 15.1. The number of nitrogens with zero attached hydrogens (tertiary/aromatic N) is 2. The molecule has 2 nitrogen and oxygen atoms in total. The van der Waals surface area contributed by atoms with Crippen molar-refractivity contribution < 1.29 is 0 Å². The molecule has 8 aromatic carbocycles. The van der Waals surface area contributed by atoms with Crippen molar-refractivity contribution in [3.05, 3.63) is 179 Å². The molecular weight excluding hydrogens is 605 g/mol. The Morgan fingerprint density at radius 3 is 0.780 bits per heavy atom. The molecule has 8 rings (SSSR count). The van der Waals surface area contributed by atoms with E-state index >= 15 is 0 Å². The van der Waals surface area contributed by atoms with E-state index < -0.39 is 0 Å². The van der Waals surface area contributed by atoms with E-state index in [4.69, 9.17) is 0 Å². The Bertz CT molecular complexity index is 2240. The van der Waals surface area contributed by atoms with E-state index in [2.05, 4.69) is 197 Å². The summed E-state index contributed by atoms with van der Waals surface area (Å²) >= 11 is 0. The van der Waals surface area contributed by atoms with Gasteiger partial charge in [0.2, 0.25) is 0 Å². The second kappa shape index (κ2) is 12.5. The van der Waals surface area contributed by atoms with E-state index in [1.165, 1.54) is 77.1 Å². The summed E-state index contributed by atoms with van der Waals surface area (Å²) in [5.41, 5.74) is 14.4. The lowest BCUT2D eigenvalue weighted by molar-refractivity contribution is 1.28. The van der Waals surface area contributed by atoms with Crippen molar-refractivity contribution >= 4 is 66.4 Å². The first-order valence-electron chi connectivity index (χ1n) is 17.5. The van der Waals surface area contributed by atoms with E-state index in [0.29, 0.717) is 0 Å². The second-order valence-electron chi connectivity index (χ2n) is 14.0. The van der Waals surface area contributed by atoms with Crippen molar-refractivity contribution in [1.82, 2.24) is 0 Å². The smallest absolute Gasteiger partial charge is 0.0546 e. The van der Waals surface area contributed by atoms with E-state index in [0.717, 1.165) is 22.7 Å². The zero-order valence-electron chi connectivity index (χ0n) is 29.8. The monoisotopic (exact) mass is 646 g/mol. The highest BCUT2D eigenvalue weighted by Crippen LogP contribution is 2.48. The maximum atomic E-state index is 2.43. The maximum absolute atomic E-state index is 2.43. The first-order chi connectivity index (χ1) is 24.2. The van der Waals surface area contributed by atoms with Crippen molar-refractivity contribution in [3.63, 3.8) is 0 Å². The van der Waals surface area contributed by atoms with Gasteiger partial charge in [0.15, 0.2) is 0 Å². The topological polar surface area (TPSA) is 6.48 Å².